The Labute approximate surface area is 150 Å². The number of nitrogens with one attached hydrogen (secondary N) is 1. The number of carbonyl (C=O) groups excluding carboxylic acids is 1. The van der Waals surface area contributed by atoms with E-state index in [9.17, 15) is 13.2 Å². The summed E-state index contributed by atoms with van der Waals surface area (Å²) >= 11 is 0. The van der Waals surface area contributed by atoms with Crippen molar-refractivity contribution in [3.8, 4) is 0 Å². The third kappa shape index (κ3) is 5.17. The summed E-state index contributed by atoms with van der Waals surface area (Å²) in [5, 5.41) is 2.70. The van der Waals surface area contributed by atoms with Crippen LogP contribution < -0.4 is 11.1 Å². The molecule has 8 heteroatoms. The average Bonchev–Trinajstić information content (AvgIpc) is 2.79. The summed E-state index contributed by atoms with van der Waals surface area (Å²) in [6.07, 6.45) is 4.14. The predicted molar refractivity (Wildman–Crippen MR) is 98.0 cm³/mol. The summed E-state index contributed by atoms with van der Waals surface area (Å²) < 4.78 is 27.4. The molecule has 1 saturated heterocycles. The van der Waals surface area contributed by atoms with Crippen molar-refractivity contribution in [2.24, 2.45) is 5.73 Å². The Hall–Kier alpha value is -1.15. The monoisotopic (exact) mass is 375 g/mol. The summed E-state index contributed by atoms with van der Waals surface area (Å²) in [5.41, 5.74) is 6.53. The van der Waals surface area contributed by atoms with E-state index in [0.29, 0.717) is 24.3 Å². The molecule has 0 radical (unpaired) electrons. The first-order chi connectivity index (χ1) is 10.9. The molecular weight excluding hydrogens is 350 g/mol. The maximum atomic E-state index is 12.9. The molecule has 0 aliphatic carbocycles. The smallest absolute Gasteiger partial charge is 0.243 e. The number of aryl methyl sites for hydroxylation is 1. The highest BCUT2D eigenvalue weighted by Crippen LogP contribution is 2.25. The van der Waals surface area contributed by atoms with E-state index >= 15 is 0 Å². The van der Waals surface area contributed by atoms with Crippen molar-refractivity contribution in [3.05, 3.63) is 23.8 Å². The molecule has 24 heavy (non-hydrogen) atoms. The van der Waals surface area contributed by atoms with Crippen LogP contribution in [0.25, 0.3) is 0 Å². The molecular formula is C16H26ClN3O3S. The number of sulfonamides is 1. The first-order valence-corrected chi connectivity index (χ1v) is 9.50. The first kappa shape index (κ1) is 20.9. The van der Waals surface area contributed by atoms with Gasteiger partial charge in [0.05, 0.1) is 4.90 Å². The van der Waals surface area contributed by atoms with Crippen molar-refractivity contribution in [2.45, 2.75) is 43.9 Å². The number of halogens is 1. The number of benzene rings is 1. The van der Waals surface area contributed by atoms with Gasteiger partial charge in [-0.3, -0.25) is 4.79 Å². The minimum absolute atomic E-state index is 0. The lowest BCUT2D eigenvalue weighted by Gasteiger charge is -2.21. The van der Waals surface area contributed by atoms with Gasteiger partial charge in [0.25, 0.3) is 0 Å². The molecule has 1 aromatic rings. The minimum atomic E-state index is -3.53. The molecule has 0 saturated carbocycles. The van der Waals surface area contributed by atoms with Gasteiger partial charge in [-0.2, -0.15) is 4.31 Å². The summed E-state index contributed by atoms with van der Waals surface area (Å²) in [7, 11) is -3.53. The van der Waals surface area contributed by atoms with Crippen LogP contribution in [0.3, 0.4) is 0 Å². The Bertz CT molecular complexity index is 657. The number of hydrogen-bond acceptors (Lipinski definition) is 4. The molecule has 1 heterocycles. The SMILES string of the molecule is Cc1ccc(NC(=O)CCN)cc1S(=O)(=O)N1CCCCCC1.Cl. The van der Waals surface area contributed by atoms with E-state index in [4.69, 9.17) is 5.73 Å². The highest BCUT2D eigenvalue weighted by Gasteiger charge is 2.27. The zero-order valence-corrected chi connectivity index (χ0v) is 15.6. The Morgan fingerprint density at radius 3 is 2.42 bits per heavy atom. The lowest BCUT2D eigenvalue weighted by Crippen LogP contribution is -2.32. The molecule has 3 N–H and O–H groups in total. The molecule has 1 aromatic carbocycles. The van der Waals surface area contributed by atoms with Crippen LogP contribution in [0.15, 0.2) is 23.1 Å². The summed E-state index contributed by atoms with van der Waals surface area (Å²) in [6, 6.07) is 4.98. The Kier molecular flexibility index (Phi) is 8.15. The molecule has 1 amide bonds. The molecule has 0 atom stereocenters. The fourth-order valence-corrected chi connectivity index (χ4v) is 4.50. The largest absolute Gasteiger partial charge is 0.330 e. The lowest BCUT2D eigenvalue weighted by molar-refractivity contribution is -0.116. The van der Waals surface area contributed by atoms with Crippen LogP contribution in [-0.4, -0.2) is 38.3 Å². The average molecular weight is 376 g/mol. The fraction of sp³-hybridized carbons (Fsp3) is 0.562. The predicted octanol–water partition coefficient (Wildman–Crippen LogP) is 2.27. The van der Waals surface area contributed by atoms with Crippen LogP contribution in [0.5, 0.6) is 0 Å². The van der Waals surface area contributed by atoms with Gasteiger partial charge in [0.1, 0.15) is 0 Å². The molecule has 1 aliphatic rings. The molecule has 6 nitrogen and oxygen atoms in total. The number of nitrogens with two attached hydrogens (primary N) is 1. The van der Waals surface area contributed by atoms with E-state index < -0.39 is 10.0 Å². The van der Waals surface area contributed by atoms with Crippen molar-refractivity contribution in [1.29, 1.82) is 0 Å². The van der Waals surface area contributed by atoms with Gasteiger partial charge in [-0.1, -0.05) is 18.9 Å². The summed E-state index contributed by atoms with van der Waals surface area (Å²) in [5.74, 6) is -0.213. The topological polar surface area (TPSA) is 92.5 Å². The van der Waals surface area contributed by atoms with Crippen LogP contribution in [0.4, 0.5) is 5.69 Å². The van der Waals surface area contributed by atoms with Crippen molar-refractivity contribution in [1.82, 2.24) is 4.31 Å². The summed E-state index contributed by atoms with van der Waals surface area (Å²) in [6.45, 7) is 3.16. The zero-order valence-electron chi connectivity index (χ0n) is 14.0. The molecule has 0 aromatic heterocycles. The Morgan fingerprint density at radius 2 is 1.83 bits per heavy atom. The fourth-order valence-electron chi connectivity index (χ4n) is 2.73. The van der Waals surface area contributed by atoms with Crippen LogP contribution in [-0.2, 0) is 14.8 Å². The Morgan fingerprint density at radius 1 is 1.21 bits per heavy atom. The highest BCUT2D eigenvalue weighted by atomic mass is 35.5. The van der Waals surface area contributed by atoms with Gasteiger partial charge >= 0.3 is 0 Å². The van der Waals surface area contributed by atoms with Gasteiger partial charge in [0.15, 0.2) is 0 Å². The van der Waals surface area contributed by atoms with Crippen molar-refractivity contribution >= 4 is 34.0 Å². The minimum Gasteiger partial charge on any atom is -0.330 e. The molecule has 1 aliphatic heterocycles. The van der Waals surface area contributed by atoms with Gasteiger partial charge < -0.3 is 11.1 Å². The van der Waals surface area contributed by atoms with Gasteiger partial charge in [-0.15, -0.1) is 12.4 Å². The first-order valence-electron chi connectivity index (χ1n) is 8.06. The third-order valence-corrected chi connectivity index (χ3v) is 6.07. The van der Waals surface area contributed by atoms with E-state index in [1.807, 2.05) is 0 Å². The maximum Gasteiger partial charge on any atom is 0.243 e. The van der Waals surface area contributed by atoms with E-state index in [1.165, 1.54) is 0 Å². The van der Waals surface area contributed by atoms with Crippen LogP contribution in [0, 0.1) is 6.92 Å². The molecule has 136 valence electrons. The third-order valence-electron chi connectivity index (χ3n) is 4.03. The second-order valence-corrected chi connectivity index (χ2v) is 7.79. The van der Waals surface area contributed by atoms with Crippen molar-refractivity contribution in [3.63, 3.8) is 0 Å². The second-order valence-electron chi connectivity index (χ2n) is 5.89. The van der Waals surface area contributed by atoms with E-state index in [2.05, 4.69) is 5.32 Å². The molecule has 0 unspecified atom stereocenters. The van der Waals surface area contributed by atoms with Gasteiger partial charge in [0, 0.05) is 31.7 Å². The van der Waals surface area contributed by atoms with Gasteiger partial charge in [-0.05, 0) is 37.5 Å². The number of anilines is 1. The van der Waals surface area contributed by atoms with Crippen molar-refractivity contribution in [2.75, 3.05) is 25.0 Å². The number of rotatable bonds is 5. The van der Waals surface area contributed by atoms with Crippen molar-refractivity contribution < 1.29 is 13.2 Å². The molecule has 0 bridgehead atoms. The number of nitrogens with zero attached hydrogens (tertiary/aromatic N) is 1. The Balaban J connectivity index is 0.00000288. The quantitative estimate of drug-likeness (QED) is 0.825. The zero-order chi connectivity index (χ0) is 16.9. The van der Waals surface area contributed by atoms with Crippen LogP contribution >= 0.6 is 12.4 Å². The highest BCUT2D eigenvalue weighted by molar-refractivity contribution is 7.89. The van der Waals surface area contributed by atoms with E-state index in [-0.39, 0.29) is 36.2 Å². The molecule has 0 spiro atoms. The van der Waals surface area contributed by atoms with E-state index in [0.717, 1.165) is 25.7 Å². The van der Waals surface area contributed by atoms with Crippen LogP contribution in [0.2, 0.25) is 0 Å². The van der Waals surface area contributed by atoms with Gasteiger partial charge in [0.2, 0.25) is 15.9 Å². The standard InChI is InChI=1S/C16H25N3O3S.ClH/c1-13-6-7-14(18-16(20)8-9-17)12-15(13)23(21,22)19-10-4-2-3-5-11-19;/h6-7,12H,2-5,8-11,17H2,1H3,(H,18,20);1H. The van der Waals surface area contributed by atoms with Crippen LogP contribution in [0.1, 0.15) is 37.7 Å². The summed E-state index contributed by atoms with van der Waals surface area (Å²) in [4.78, 5) is 11.9. The normalized spacial score (nSPS) is 16.1. The maximum absolute atomic E-state index is 12.9. The number of hydrogen-bond donors (Lipinski definition) is 2. The lowest BCUT2D eigenvalue weighted by atomic mass is 10.2. The number of carbonyl (C=O) groups is 1. The second kappa shape index (κ2) is 9.36. The van der Waals surface area contributed by atoms with E-state index in [1.54, 1.807) is 29.4 Å². The molecule has 2 rings (SSSR count). The van der Waals surface area contributed by atoms with Gasteiger partial charge in [-0.25, -0.2) is 8.42 Å². The number of amides is 1. The molecule has 1 fully saturated rings.